The quantitative estimate of drug-likeness (QED) is 0.780. The summed E-state index contributed by atoms with van der Waals surface area (Å²) in [6, 6.07) is 3.29. The van der Waals surface area contributed by atoms with Crippen LogP contribution in [-0.2, 0) is 24.2 Å². The monoisotopic (exact) mass is 286 g/mol. The zero-order valence-electron chi connectivity index (χ0n) is 11.9. The van der Waals surface area contributed by atoms with Crippen molar-refractivity contribution < 1.29 is 4.79 Å². The van der Waals surface area contributed by atoms with Crippen molar-refractivity contribution in [1.82, 2.24) is 20.3 Å². The number of nitrogens with one attached hydrogen (secondary N) is 3. The Morgan fingerprint density at radius 2 is 2.38 bits per heavy atom. The van der Waals surface area contributed by atoms with Gasteiger partial charge in [0.05, 0.1) is 5.69 Å². The Bertz CT molecular complexity index is 716. The van der Waals surface area contributed by atoms with Crippen LogP contribution in [0.25, 0.3) is 0 Å². The van der Waals surface area contributed by atoms with Gasteiger partial charge >= 0.3 is 0 Å². The number of hydrogen-bond donors (Lipinski definition) is 3. The van der Waals surface area contributed by atoms with Gasteiger partial charge in [0.2, 0.25) is 11.5 Å². The summed E-state index contributed by atoms with van der Waals surface area (Å²) in [4.78, 5) is 33.6. The van der Waals surface area contributed by atoms with E-state index in [1.54, 1.807) is 12.3 Å². The van der Waals surface area contributed by atoms with Gasteiger partial charge in [-0.1, -0.05) is 0 Å². The van der Waals surface area contributed by atoms with Crippen molar-refractivity contribution in [2.75, 3.05) is 0 Å². The van der Waals surface area contributed by atoms with E-state index in [4.69, 9.17) is 0 Å². The number of carbonyl (C=O) groups is 1. The number of amides is 1. The Kier molecular flexibility index (Phi) is 3.60. The largest absolute Gasteiger partial charge is 0.352 e. The molecule has 21 heavy (non-hydrogen) atoms. The molecule has 1 atom stereocenters. The van der Waals surface area contributed by atoms with Crippen LogP contribution >= 0.6 is 0 Å². The molecule has 3 N–H and O–H groups in total. The van der Waals surface area contributed by atoms with Gasteiger partial charge in [0.15, 0.2) is 0 Å². The lowest BCUT2D eigenvalue weighted by molar-refractivity contribution is -0.125. The zero-order chi connectivity index (χ0) is 14.8. The summed E-state index contributed by atoms with van der Waals surface area (Å²) >= 11 is 0. The first-order chi connectivity index (χ1) is 10.1. The van der Waals surface area contributed by atoms with Crippen LogP contribution in [0.15, 0.2) is 23.1 Å². The predicted octanol–water partition coefficient (Wildman–Crippen LogP) is 0.828. The third kappa shape index (κ3) is 3.04. The minimum atomic E-state index is -0.156. The Balaban J connectivity index is 1.60. The van der Waals surface area contributed by atoms with Crippen LogP contribution in [0.5, 0.6) is 0 Å². The van der Waals surface area contributed by atoms with E-state index in [2.05, 4.69) is 20.3 Å². The first kappa shape index (κ1) is 13.6. The summed E-state index contributed by atoms with van der Waals surface area (Å²) in [6.07, 6.45) is 3.95. The smallest absolute Gasteiger partial charge is 0.248 e. The maximum atomic E-state index is 12.2. The highest BCUT2D eigenvalue weighted by Crippen LogP contribution is 2.23. The first-order valence-corrected chi connectivity index (χ1v) is 7.11. The standard InChI is InChI=1S/C15H18N4O2/c1-9-18-12-3-2-11(7-13(12)19-9)15(21)17-8-10-4-5-16-14(20)6-10/h4-6,11H,2-3,7-8H2,1H3,(H,16,20)(H,17,21)(H,18,19). The SMILES string of the molecule is Cc1nc2c([nH]1)CC(C(=O)NCc1cc[nH]c(=O)c1)CC2. The van der Waals surface area contributed by atoms with E-state index in [0.29, 0.717) is 13.0 Å². The molecule has 0 saturated carbocycles. The normalized spacial score (nSPS) is 17.3. The molecule has 0 radical (unpaired) electrons. The van der Waals surface area contributed by atoms with E-state index in [-0.39, 0.29) is 17.4 Å². The van der Waals surface area contributed by atoms with E-state index < -0.39 is 0 Å². The maximum absolute atomic E-state index is 12.2. The third-order valence-electron chi connectivity index (χ3n) is 3.84. The summed E-state index contributed by atoms with van der Waals surface area (Å²) in [5, 5.41) is 2.91. The molecular formula is C15H18N4O2. The second kappa shape index (κ2) is 5.55. The molecule has 0 bridgehead atoms. The number of hydrogen-bond acceptors (Lipinski definition) is 3. The highest BCUT2D eigenvalue weighted by atomic mass is 16.2. The van der Waals surface area contributed by atoms with E-state index in [1.807, 2.05) is 6.92 Å². The van der Waals surface area contributed by atoms with Gasteiger partial charge < -0.3 is 15.3 Å². The molecule has 1 aliphatic rings. The first-order valence-electron chi connectivity index (χ1n) is 7.11. The van der Waals surface area contributed by atoms with E-state index in [0.717, 1.165) is 35.6 Å². The van der Waals surface area contributed by atoms with E-state index in [9.17, 15) is 9.59 Å². The van der Waals surface area contributed by atoms with Gasteiger partial charge in [0.25, 0.3) is 0 Å². The number of pyridine rings is 1. The summed E-state index contributed by atoms with van der Waals surface area (Å²) in [5.41, 5.74) is 2.82. The maximum Gasteiger partial charge on any atom is 0.248 e. The number of carbonyl (C=O) groups excluding carboxylic acids is 1. The second-order valence-corrected chi connectivity index (χ2v) is 5.47. The molecule has 0 spiro atoms. The van der Waals surface area contributed by atoms with Crippen molar-refractivity contribution in [1.29, 1.82) is 0 Å². The number of imidazole rings is 1. The highest BCUT2D eigenvalue weighted by molar-refractivity contribution is 5.79. The van der Waals surface area contributed by atoms with Crippen molar-refractivity contribution >= 4 is 5.91 Å². The molecule has 0 aromatic carbocycles. The Morgan fingerprint density at radius 3 is 3.19 bits per heavy atom. The molecule has 6 heteroatoms. The van der Waals surface area contributed by atoms with Crippen molar-refractivity contribution in [3.05, 3.63) is 51.5 Å². The van der Waals surface area contributed by atoms with Gasteiger partial charge in [-0.3, -0.25) is 9.59 Å². The lowest BCUT2D eigenvalue weighted by Crippen LogP contribution is -2.34. The summed E-state index contributed by atoms with van der Waals surface area (Å²) in [5.74, 6) is 0.914. The van der Waals surface area contributed by atoms with Gasteiger partial charge in [-0.2, -0.15) is 0 Å². The van der Waals surface area contributed by atoms with Gasteiger partial charge in [-0.25, -0.2) is 4.98 Å². The predicted molar refractivity (Wildman–Crippen MR) is 77.7 cm³/mol. The number of rotatable bonds is 3. The topological polar surface area (TPSA) is 90.6 Å². The van der Waals surface area contributed by atoms with E-state index in [1.165, 1.54) is 6.07 Å². The summed E-state index contributed by atoms with van der Waals surface area (Å²) < 4.78 is 0. The fourth-order valence-corrected chi connectivity index (χ4v) is 2.78. The third-order valence-corrected chi connectivity index (χ3v) is 3.84. The van der Waals surface area contributed by atoms with Crippen LogP contribution in [0.4, 0.5) is 0 Å². The molecule has 1 amide bonds. The molecule has 0 aliphatic heterocycles. The van der Waals surface area contributed by atoms with Crippen LogP contribution in [0.2, 0.25) is 0 Å². The molecule has 0 fully saturated rings. The Morgan fingerprint density at radius 1 is 1.52 bits per heavy atom. The van der Waals surface area contributed by atoms with Crippen molar-refractivity contribution in [2.45, 2.75) is 32.7 Å². The van der Waals surface area contributed by atoms with Gasteiger partial charge in [-0.05, 0) is 31.4 Å². The van der Waals surface area contributed by atoms with Gasteiger partial charge in [0.1, 0.15) is 5.82 Å². The highest BCUT2D eigenvalue weighted by Gasteiger charge is 2.26. The molecule has 0 saturated heterocycles. The fourth-order valence-electron chi connectivity index (χ4n) is 2.78. The molecule has 1 unspecified atom stereocenters. The lowest BCUT2D eigenvalue weighted by Gasteiger charge is -2.20. The number of H-pyrrole nitrogens is 2. The molecule has 1 aliphatic carbocycles. The number of nitrogens with zero attached hydrogens (tertiary/aromatic N) is 1. The van der Waals surface area contributed by atoms with Crippen LogP contribution in [0.3, 0.4) is 0 Å². The molecule has 6 nitrogen and oxygen atoms in total. The zero-order valence-corrected chi connectivity index (χ0v) is 11.9. The average molecular weight is 286 g/mol. The second-order valence-electron chi connectivity index (χ2n) is 5.47. The number of aryl methyl sites for hydroxylation is 2. The van der Waals surface area contributed by atoms with Crippen molar-refractivity contribution in [3.63, 3.8) is 0 Å². The minimum Gasteiger partial charge on any atom is -0.352 e. The summed E-state index contributed by atoms with van der Waals surface area (Å²) in [6.45, 7) is 2.31. The number of aromatic amines is 2. The summed E-state index contributed by atoms with van der Waals surface area (Å²) in [7, 11) is 0. The van der Waals surface area contributed by atoms with Gasteiger partial charge in [0, 0.05) is 36.8 Å². The van der Waals surface area contributed by atoms with Crippen molar-refractivity contribution in [2.24, 2.45) is 5.92 Å². The van der Waals surface area contributed by atoms with E-state index >= 15 is 0 Å². The molecule has 2 aromatic heterocycles. The molecule has 2 aromatic rings. The number of fused-ring (bicyclic) bond motifs is 1. The number of aromatic nitrogens is 3. The van der Waals surface area contributed by atoms with Crippen LogP contribution < -0.4 is 10.9 Å². The lowest BCUT2D eigenvalue weighted by atomic mass is 9.89. The fraction of sp³-hybridized carbons (Fsp3) is 0.400. The van der Waals surface area contributed by atoms with Crippen molar-refractivity contribution in [3.8, 4) is 0 Å². The molecule has 2 heterocycles. The Hall–Kier alpha value is -2.37. The Labute approximate surface area is 122 Å². The minimum absolute atomic E-state index is 0.0284. The average Bonchev–Trinajstić information content (AvgIpc) is 2.84. The van der Waals surface area contributed by atoms with Crippen LogP contribution in [0.1, 0.15) is 29.2 Å². The molecular weight excluding hydrogens is 268 g/mol. The van der Waals surface area contributed by atoms with Crippen LogP contribution in [-0.4, -0.2) is 20.9 Å². The van der Waals surface area contributed by atoms with Gasteiger partial charge in [-0.15, -0.1) is 0 Å². The molecule has 110 valence electrons. The van der Waals surface area contributed by atoms with Crippen LogP contribution in [0, 0.1) is 12.8 Å². The molecule has 3 rings (SSSR count).